The van der Waals surface area contributed by atoms with Crippen molar-refractivity contribution in [3.05, 3.63) is 24.0 Å². The van der Waals surface area contributed by atoms with E-state index in [9.17, 15) is 4.79 Å². The van der Waals surface area contributed by atoms with Gasteiger partial charge in [0.25, 0.3) is 0 Å². The molecule has 0 radical (unpaired) electrons. The van der Waals surface area contributed by atoms with E-state index >= 15 is 0 Å². The van der Waals surface area contributed by atoms with E-state index in [1.165, 1.54) is 6.08 Å². The van der Waals surface area contributed by atoms with Gasteiger partial charge in [-0.2, -0.15) is 0 Å². The van der Waals surface area contributed by atoms with Gasteiger partial charge in [0.15, 0.2) is 0 Å². The summed E-state index contributed by atoms with van der Waals surface area (Å²) in [6, 6.07) is 0. The number of rotatable bonds is 3. The van der Waals surface area contributed by atoms with E-state index in [4.69, 9.17) is 0 Å². The van der Waals surface area contributed by atoms with Gasteiger partial charge in [-0.15, -0.1) is 0 Å². The number of nitrogens with one attached hydrogen (secondary N) is 1. The molecule has 0 saturated carbocycles. The topological polar surface area (TPSA) is 29.1 Å². The molecule has 0 atom stereocenters. The standard InChI is InChI=1S/C7H11NO/c1-6(2)8-7(3)4-5-9/h4-5,8H,1H2,2-3H3/b7-4-. The SMILES string of the molecule is C=C(C)N/C(C)=C\C=O. The maximum Gasteiger partial charge on any atom is 0.144 e. The van der Waals surface area contributed by atoms with Gasteiger partial charge in [-0.05, 0) is 19.9 Å². The first-order chi connectivity index (χ1) is 4.16. The molecule has 50 valence electrons. The minimum Gasteiger partial charge on any atom is -0.363 e. The zero-order valence-corrected chi connectivity index (χ0v) is 5.77. The lowest BCUT2D eigenvalue weighted by atomic mass is 10.4. The lowest BCUT2D eigenvalue weighted by Gasteiger charge is -2.01. The van der Waals surface area contributed by atoms with Gasteiger partial charge < -0.3 is 5.32 Å². The first-order valence-electron chi connectivity index (χ1n) is 2.71. The Hall–Kier alpha value is -1.05. The van der Waals surface area contributed by atoms with Crippen molar-refractivity contribution < 1.29 is 4.79 Å². The van der Waals surface area contributed by atoms with Crippen LogP contribution in [0.3, 0.4) is 0 Å². The maximum absolute atomic E-state index is 9.85. The van der Waals surface area contributed by atoms with E-state index < -0.39 is 0 Å². The predicted octanol–water partition coefficient (Wildman–Crippen LogP) is 1.21. The highest BCUT2D eigenvalue weighted by atomic mass is 16.1. The Morgan fingerprint density at radius 1 is 1.56 bits per heavy atom. The summed E-state index contributed by atoms with van der Waals surface area (Å²) in [7, 11) is 0. The summed E-state index contributed by atoms with van der Waals surface area (Å²) in [4.78, 5) is 9.85. The van der Waals surface area contributed by atoms with Crippen molar-refractivity contribution in [3.8, 4) is 0 Å². The Labute approximate surface area is 55.3 Å². The van der Waals surface area contributed by atoms with Crippen LogP contribution in [-0.2, 0) is 4.79 Å². The third-order valence-electron chi connectivity index (χ3n) is 0.729. The van der Waals surface area contributed by atoms with Crippen LogP contribution in [0.4, 0.5) is 0 Å². The fourth-order valence-electron chi connectivity index (χ4n) is 0.480. The predicted molar refractivity (Wildman–Crippen MR) is 37.8 cm³/mol. The van der Waals surface area contributed by atoms with E-state index in [2.05, 4.69) is 11.9 Å². The van der Waals surface area contributed by atoms with E-state index in [1.54, 1.807) is 0 Å². The van der Waals surface area contributed by atoms with Crippen molar-refractivity contribution in [1.82, 2.24) is 5.32 Å². The van der Waals surface area contributed by atoms with Crippen molar-refractivity contribution in [1.29, 1.82) is 0 Å². The molecule has 0 aromatic carbocycles. The van der Waals surface area contributed by atoms with Crippen molar-refractivity contribution in [2.75, 3.05) is 0 Å². The third kappa shape index (κ3) is 4.81. The van der Waals surface area contributed by atoms with E-state index in [-0.39, 0.29) is 0 Å². The number of allylic oxidation sites excluding steroid dienone is 3. The van der Waals surface area contributed by atoms with Gasteiger partial charge in [0, 0.05) is 11.4 Å². The molecule has 0 bridgehead atoms. The zero-order chi connectivity index (χ0) is 7.28. The zero-order valence-electron chi connectivity index (χ0n) is 5.77. The molecular formula is C7H11NO. The van der Waals surface area contributed by atoms with Crippen LogP contribution in [-0.4, -0.2) is 6.29 Å². The van der Waals surface area contributed by atoms with Gasteiger partial charge in [-0.25, -0.2) is 0 Å². The molecule has 0 saturated heterocycles. The van der Waals surface area contributed by atoms with Gasteiger partial charge in [0.2, 0.25) is 0 Å². The second-order valence-corrected chi connectivity index (χ2v) is 1.89. The van der Waals surface area contributed by atoms with Gasteiger partial charge in [0.05, 0.1) is 0 Å². The number of aldehydes is 1. The van der Waals surface area contributed by atoms with Gasteiger partial charge in [-0.1, -0.05) is 6.58 Å². The van der Waals surface area contributed by atoms with Crippen LogP contribution in [0.25, 0.3) is 0 Å². The van der Waals surface area contributed by atoms with E-state index in [0.29, 0.717) is 0 Å². The van der Waals surface area contributed by atoms with E-state index in [1.807, 2.05) is 13.8 Å². The minimum absolute atomic E-state index is 0.741. The van der Waals surface area contributed by atoms with E-state index in [0.717, 1.165) is 17.7 Å². The summed E-state index contributed by atoms with van der Waals surface area (Å²) in [6.45, 7) is 7.25. The van der Waals surface area contributed by atoms with Crippen LogP contribution in [0.15, 0.2) is 24.0 Å². The van der Waals surface area contributed by atoms with Crippen LogP contribution < -0.4 is 5.32 Å². The number of carbonyl (C=O) groups is 1. The number of hydrogen-bond acceptors (Lipinski definition) is 2. The average Bonchev–Trinajstić information content (AvgIpc) is 1.63. The molecule has 0 heterocycles. The molecule has 9 heavy (non-hydrogen) atoms. The molecule has 0 amide bonds. The normalized spacial score (nSPS) is 10.7. The fraction of sp³-hybridized carbons (Fsp3) is 0.286. The van der Waals surface area contributed by atoms with Gasteiger partial charge in [-0.3, -0.25) is 4.79 Å². The van der Waals surface area contributed by atoms with Crippen LogP contribution in [0.1, 0.15) is 13.8 Å². The molecular weight excluding hydrogens is 114 g/mol. The van der Waals surface area contributed by atoms with Crippen molar-refractivity contribution >= 4 is 6.29 Å². The second kappa shape index (κ2) is 3.89. The van der Waals surface area contributed by atoms with Crippen molar-refractivity contribution in [2.45, 2.75) is 13.8 Å². The average molecular weight is 125 g/mol. The highest BCUT2D eigenvalue weighted by Gasteiger charge is 1.83. The molecule has 0 aromatic heterocycles. The molecule has 0 spiro atoms. The quantitative estimate of drug-likeness (QED) is 0.453. The van der Waals surface area contributed by atoms with Crippen molar-refractivity contribution in [2.24, 2.45) is 0 Å². The Morgan fingerprint density at radius 2 is 2.11 bits per heavy atom. The fourth-order valence-corrected chi connectivity index (χ4v) is 0.480. The van der Waals surface area contributed by atoms with Crippen LogP contribution in [0.5, 0.6) is 0 Å². The Kier molecular flexibility index (Phi) is 3.44. The summed E-state index contributed by atoms with van der Waals surface area (Å²) in [5, 5.41) is 2.88. The number of hydrogen-bond donors (Lipinski definition) is 1. The lowest BCUT2D eigenvalue weighted by molar-refractivity contribution is -0.104. The summed E-state index contributed by atoms with van der Waals surface area (Å²) < 4.78 is 0. The molecule has 2 nitrogen and oxygen atoms in total. The van der Waals surface area contributed by atoms with Crippen LogP contribution >= 0.6 is 0 Å². The van der Waals surface area contributed by atoms with Crippen molar-refractivity contribution in [3.63, 3.8) is 0 Å². The largest absolute Gasteiger partial charge is 0.363 e. The number of carbonyl (C=O) groups excluding carboxylic acids is 1. The van der Waals surface area contributed by atoms with Crippen LogP contribution in [0.2, 0.25) is 0 Å². The van der Waals surface area contributed by atoms with Gasteiger partial charge >= 0.3 is 0 Å². The van der Waals surface area contributed by atoms with Crippen LogP contribution in [0, 0.1) is 0 Å². The molecule has 0 aliphatic rings. The molecule has 0 aromatic rings. The smallest absolute Gasteiger partial charge is 0.144 e. The summed E-state index contributed by atoms with van der Waals surface area (Å²) >= 11 is 0. The minimum atomic E-state index is 0.741. The highest BCUT2D eigenvalue weighted by molar-refractivity contribution is 5.65. The monoisotopic (exact) mass is 125 g/mol. The maximum atomic E-state index is 9.85. The Morgan fingerprint density at radius 3 is 2.44 bits per heavy atom. The molecule has 0 aliphatic carbocycles. The molecule has 1 N–H and O–H groups in total. The Bertz CT molecular complexity index is 147. The third-order valence-corrected chi connectivity index (χ3v) is 0.729. The molecule has 2 heteroatoms. The molecule has 0 aliphatic heterocycles. The molecule has 0 rings (SSSR count). The first-order valence-corrected chi connectivity index (χ1v) is 2.71. The summed E-state index contributed by atoms with van der Waals surface area (Å²) in [5.74, 6) is 0. The van der Waals surface area contributed by atoms with Gasteiger partial charge in [0.1, 0.15) is 6.29 Å². The summed E-state index contributed by atoms with van der Waals surface area (Å²) in [6.07, 6.45) is 2.19. The second-order valence-electron chi connectivity index (χ2n) is 1.89. The summed E-state index contributed by atoms with van der Waals surface area (Å²) in [5.41, 5.74) is 1.66. The lowest BCUT2D eigenvalue weighted by Crippen LogP contribution is -2.06. The Balaban J connectivity index is 3.75. The molecule has 0 fully saturated rings. The highest BCUT2D eigenvalue weighted by Crippen LogP contribution is 1.87. The first kappa shape index (κ1) is 7.95. The molecule has 0 unspecified atom stereocenters.